The maximum Gasteiger partial charge on any atom is 0.564 e. The number of nitrogens with zero attached hydrogens (tertiary/aromatic N) is 1. The van der Waals surface area contributed by atoms with Crippen molar-refractivity contribution in [1.29, 1.82) is 5.41 Å². The highest BCUT2D eigenvalue weighted by molar-refractivity contribution is 5.69. The van der Waals surface area contributed by atoms with Crippen LogP contribution in [-0.2, 0) is 4.74 Å². The average Bonchev–Trinajstić information content (AvgIpc) is 1.79. The molecule has 1 aromatic rings. The first-order valence-corrected chi connectivity index (χ1v) is 2.06. The van der Waals surface area contributed by atoms with E-state index in [4.69, 9.17) is 5.41 Å². The van der Waals surface area contributed by atoms with Crippen molar-refractivity contribution in [2.75, 3.05) is 7.11 Å². The molecule has 0 unspecified atom stereocenters. The zero-order valence-electron chi connectivity index (χ0n) is 4.58. The van der Waals surface area contributed by atoms with Crippen LogP contribution in [0.4, 0.5) is 0 Å². The lowest BCUT2D eigenvalue weighted by molar-refractivity contribution is -0.0417. The Labute approximate surface area is 49.0 Å². The van der Waals surface area contributed by atoms with Gasteiger partial charge < -0.3 is 4.74 Å². The number of rotatable bonds is 0. The van der Waals surface area contributed by atoms with E-state index >= 15 is 0 Å². The third-order valence-corrected chi connectivity index (χ3v) is 0.674. The third-order valence-electron chi connectivity index (χ3n) is 0.674. The Kier molecular flexibility index (Phi) is 1.14. The van der Waals surface area contributed by atoms with Crippen LogP contribution in [0.1, 0.15) is 0 Å². The van der Waals surface area contributed by atoms with Gasteiger partial charge in [0, 0.05) is 4.91 Å². The molecule has 0 spiro atoms. The molecular formula is C3H4N2O4. The van der Waals surface area contributed by atoms with E-state index in [1.54, 1.807) is 0 Å². The van der Waals surface area contributed by atoms with Crippen LogP contribution >= 0.6 is 0 Å². The molecule has 0 radical (unpaired) electrons. The Morgan fingerprint density at radius 2 is 2.33 bits per heavy atom. The standard InChI is InChI=1S/C3H4N2O4/c1-7-2(4)5-8-3(6)9-5/h4H,1H3. The molecule has 1 heterocycles. The van der Waals surface area contributed by atoms with Crippen LogP contribution < -0.4 is 5.82 Å². The van der Waals surface area contributed by atoms with Crippen LogP contribution in [-0.4, -0.2) is 18.0 Å². The molecular weight excluding hydrogens is 128 g/mol. The predicted octanol–water partition coefficient (Wildman–Crippen LogP) is -0.536. The largest absolute Gasteiger partial charge is 0.564 e. The van der Waals surface area contributed by atoms with E-state index in [9.17, 15) is 4.79 Å². The van der Waals surface area contributed by atoms with Gasteiger partial charge in [-0.25, -0.2) is 5.41 Å². The minimum Gasteiger partial charge on any atom is -0.464 e. The lowest BCUT2D eigenvalue weighted by atomic mass is 11.2. The van der Waals surface area contributed by atoms with Gasteiger partial charge in [0.25, 0.3) is 0 Å². The molecule has 0 aliphatic heterocycles. The minimum absolute atomic E-state index is 0.366. The number of ether oxygens (including phenoxy) is 1. The molecule has 0 fully saturated rings. The number of aromatic nitrogens is 1. The Morgan fingerprint density at radius 3 is 2.67 bits per heavy atom. The van der Waals surface area contributed by atoms with Crippen molar-refractivity contribution in [3.8, 4) is 0 Å². The van der Waals surface area contributed by atoms with Gasteiger partial charge in [-0.1, -0.05) is 0 Å². The molecule has 1 aromatic heterocycles. The highest BCUT2D eigenvalue weighted by Gasteiger charge is 2.07. The van der Waals surface area contributed by atoms with Crippen LogP contribution in [0.2, 0.25) is 0 Å². The summed E-state index contributed by atoms with van der Waals surface area (Å²) in [6, 6.07) is -0.366. The van der Waals surface area contributed by atoms with Crippen molar-refractivity contribution >= 4 is 6.02 Å². The molecule has 0 amide bonds. The molecule has 1 N–H and O–H groups in total. The summed E-state index contributed by atoms with van der Waals surface area (Å²) in [5.41, 5.74) is 0. The lowest BCUT2D eigenvalue weighted by Crippen LogP contribution is -2.23. The minimum atomic E-state index is -0.836. The molecule has 1 rings (SSSR count). The number of methoxy groups -OCH3 is 1. The molecule has 0 atom stereocenters. The van der Waals surface area contributed by atoms with Gasteiger partial charge in [-0.05, 0) is 0 Å². The predicted molar refractivity (Wildman–Crippen MR) is 25.4 cm³/mol. The molecule has 0 aromatic carbocycles. The van der Waals surface area contributed by atoms with Gasteiger partial charge >= 0.3 is 11.8 Å². The molecule has 0 aliphatic carbocycles. The van der Waals surface area contributed by atoms with E-state index < -0.39 is 5.82 Å². The second-order valence-corrected chi connectivity index (χ2v) is 1.20. The van der Waals surface area contributed by atoms with E-state index in [0.717, 1.165) is 0 Å². The summed E-state index contributed by atoms with van der Waals surface area (Å²) in [6.07, 6.45) is 0. The fraction of sp³-hybridized carbons (Fsp3) is 0.333. The molecule has 6 heteroatoms. The SMILES string of the molecule is COC(=N)n1oc(=O)o1. The number of hydrogen-bond donors (Lipinski definition) is 1. The van der Waals surface area contributed by atoms with E-state index in [1.807, 2.05) is 0 Å². The second kappa shape index (κ2) is 1.81. The first-order valence-electron chi connectivity index (χ1n) is 2.06. The maximum absolute atomic E-state index is 9.89. The van der Waals surface area contributed by atoms with Gasteiger partial charge in [-0.3, -0.25) is 9.05 Å². The molecule has 0 aliphatic rings. The van der Waals surface area contributed by atoms with Crippen molar-refractivity contribution < 1.29 is 13.8 Å². The van der Waals surface area contributed by atoms with E-state index in [0.29, 0.717) is 4.91 Å². The summed E-state index contributed by atoms with van der Waals surface area (Å²) in [7, 11) is 1.26. The van der Waals surface area contributed by atoms with Gasteiger partial charge in [0.05, 0.1) is 7.11 Å². The molecule has 6 nitrogen and oxygen atoms in total. The zero-order chi connectivity index (χ0) is 6.85. The highest BCUT2D eigenvalue weighted by Crippen LogP contribution is 1.82. The quantitative estimate of drug-likeness (QED) is 0.379. The fourth-order valence-electron chi connectivity index (χ4n) is 0.300. The van der Waals surface area contributed by atoms with Crippen molar-refractivity contribution in [3.63, 3.8) is 0 Å². The Hall–Kier alpha value is -1.46. The van der Waals surface area contributed by atoms with E-state index in [2.05, 4.69) is 13.8 Å². The Balaban J connectivity index is 2.72. The van der Waals surface area contributed by atoms with Gasteiger partial charge in [0.15, 0.2) is 0 Å². The van der Waals surface area contributed by atoms with Crippen LogP contribution in [0, 0.1) is 5.41 Å². The highest BCUT2D eigenvalue weighted by atomic mass is 16.8. The van der Waals surface area contributed by atoms with Crippen molar-refractivity contribution in [2.45, 2.75) is 0 Å². The van der Waals surface area contributed by atoms with Crippen molar-refractivity contribution in [3.05, 3.63) is 10.6 Å². The van der Waals surface area contributed by atoms with E-state index in [-0.39, 0.29) is 6.02 Å². The molecule has 50 valence electrons. The monoisotopic (exact) mass is 132 g/mol. The topological polar surface area (TPSA) is 81.4 Å². The van der Waals surface area contributed by atoms with Crippen LogP contribution in [0.3, 0.4) is 0 Å². The van der Waals surface area contributed by atoms with Crippen LogP contribution in [0.5, 0.6) is 0 Å². The molecule has 9 heavy (non-hydrogen) atoms. The van der Waals surface area contributed by atoms with Crippen molar-refractivity contribution in [1.82, 2.24) is 4.91 Å². The number of nitrogens with one attached hydrogen (secondary N) is 1. The Bertz CT molecular complexity index is 238. The average molecular weight is 132 g/mol. The summed E-state index contributed by atoms with van der Waals surface area (Å²) in [5.74, 6) is -0.836. The third kappa shape index (κ3) is 0.857. The van der Waals surface area contributed by atoms with Crippen molar-refractivity contribution in [2.24, 2.45) is 0 Å². The first kappa shape index (κ1) is 5.67. The summed E-state index contributed by atoms with van der Waals surface area (Å²) in [4.78, 5) is 10.4. The normalized spacial score (nSPS) is 9.44. The maximum atomic E-state index is 9.89. The summed E-state index contributed by atoms with van der Waals surface area (Å²) >= 11 is 0. The van der Waals surface area contributed by atoms with Gasteiger partial charge in [-0.2, -0.15) is 4.79 Å². The van der Waals surface area contributed by atoms with Gasteiger partial charge in [-0.15, -0.1) is 0 Å². The van der Waals surface area contributed by atoms with Gasteiger partial charge in [0.2, 0.25) is 0 Å². The Morgan fingerprint density at radius 1 is 1.78 bits per heavy atom. The van der Waals surface area contributed by atoms with Crippen LogP contribution in [0.15, 0.2) is 13.8 Å². The number of hydrogen-bond acceptors (Lipinski definition) is 5. The summed E-state index contributed by atoms with van der Waals surface area (Å²) in [6.45, 7) is 0. The molecule has 0 saturated carbocycles. The summed E-state index contributed by atoms with van der Waals surface area (Å²) in [5, 5.41) is 6.79. The van der Waals surface area contributed by atoms with Gasteiger partial charge in [0.1, 0.15) is 0 Å². The second-order valence-electron chi connectivity index (χ2n) is 1.20. The smallest absolute Gasteiger partial charge is 0.464 e. The lowest BCUT2D eigenvalue weighted by Gasteiger charge is -2.00. The summed E-state index contributed by atoms with van der Waals surface area (Å²) < 4.78 is 12.5. The van der Waals surface area contributed by atoms with E-state index in [1.165, 1.54) is 7.11 Å². The fourth-order valence-corrected chi connectivity index (χ4v) is 0.300. The van der Waals surface area contributed by atoms with Crippen LogP contribution in [0.25, 0.3) is 0 Å². The molecule has 0 bridgehead atoms. The zero-order valence-corrected chi connectivity index (χ0v) is 4.58. The first-order chi connectivity index (χ1) is 4.24. The molecule has 0 saturated heterocycles.